The number of hydrogen-bond acceptors (Lipinski definition) is 6. The summed E-state index contributed by atoms with van der Waals surface area (Å²) in [5, 5.41) is 10.2. The smallest absolute Gasteiger partial charge is 0.231 e. The Kier molecular flexibility index (Phi) is 4.77. The maximum atomic E-state index is 15.3. The molecule has 160 valence electrons. The number of rotatable bonds is 6. The third kappa shape index (κ3) is 3.29. The van der Waals surface area contributed by atoms with Crippen molar-refractivity contribution < 1.29 is 18.3 Å². The molecular formula is C20H18F2N6O2S. The molecule has 2 N–H and O–H groups in total. The molecule has 3 heterocycles. The Morgan fingerprint density at radius 1 is 1.42 bits per heavy atom. The number of alkyl halides is 1. The van der Waals surface area contributed by atoms with E-state index < -0.39 is 23.8 Å². The molecule has 1 aliphatic rings. The highest BCUT2D eigenvalue weighted by atomic mass is 32.2. The zero-order valence-electron chi connectivity index (χ0n) is 16.6. The first-order valence-corrected chi connectivity index (χ1v) is 10.9. The topological polar surface area (TPSA) is 97.2 Å². The predicted molar refractivity (Wildman–Crippen MR) is 113 cm³/mol. The monoisotopic (exact) mass is 444 g/mol. The lowest BCUT2D eigenvalue weighted by Gasteiger charge is -2.15. The van der Waals surface area contributed by atoms with E-state index in [4.69, 9.17) is 4.74 Å². The summed E-state index contributed by atoms with van der Waals surface area (Å²) in [5.74, 6) is -1.08. The lowest BCUT2D eigenvalue weighted by Crippen LogP contribution is -2.15. The van der Waals surface area contributed by atoms with Crippen LogP contribution in [0.4, 0.5) is 14.6 Å². The van der Waals surface area contributed by atoms with Crippen molar-refractivity contribution in [2.75, 3.05) is 18.2 Å². The molecule has 0 saturated heterocycles. The van der Waals surface area contributed by atoms with Crippen molar-refractivity contribution in [2.45, 2.75) is 24.4 Å². The predicted octanol–water partition coefficient (Wildman–Crippen LogP) is 3.83. The van der Waals surface area contributed by atoms with Gasteiger partial charge in [-0.3, -0.25) is 14.9 Å². The molecule has 2 unspecified atom stereocenters. The summed E-state index contributed by atoms with van der Waals surface area (Å²) in [4.78, 5) is 21.2. The molecule has 4 aromatic rings. The van der Waals surface area contributed by atoms with Crippen LogP contribution in [0.3, 0.4) is 0 Å². The standard InChI is InChI=1S/C20H18F2N6O2S/c1-3-30-18-15(10-5-24-27-17(10)19(31-2)16(18)22)12-7-28-8-13(25-14(28)6-23-12)26-20(29)9-4-11(9)21/h5-9,11H,3-4H2,1-2H3,(H,24,27)(H,26,29). The van der Waals surface area contributed by atoms with Gasteiger partial charge < -0.3 is 14.5 Å². The molecule has 31 heavy (non-hydrogen) atoms. The van der Waals surface area contributed by atoms with Crippen LogP contribution in [0.25, 0.3) is 27.8 Å². The summed E-state index contributed by atoms with van der Waals surface area (Å²) in [6.07, 6.45) is 7.35. The highest BCUT2D eigenvalue weighted by Crippen LogP contribution is 2.43. The van der Waals surface area contributed by atoms with Crippen LogP contribution in [0.2, 0.25) is 0 Å². The number of aromatic amines is 1. The van der Waals surface area contributed by atoms with Crippen molar-refractivity contribution in [1.82, 2.24) is 24.6 Å². The fourth-order valence-corrected chi connectivity index (χ4v) is 4.19. The van der Waals surface area contributed by atoms with Gasteiger partial charge in [-0.05, 0) is 19.6 Å². The van der Waals surface area contributed by atoms with Gasteiger partial charge in [0.1, 0.15) is 6.17 Å². The van der Waals surface area contributed by atoms with Gasteiger partial charge in [0.25, 0.3) is 0 Å². The van der Waals surface area contributed by atoms with Gasteiger partial charge in [0.05, 0.1) is 52.8 Å². The van der Waals surface area contributed by atoms with Gasteiger partial charge in [-0.15, -0.1) is 11.8 Å². The average molecular weight is 444 g/mol. The number of ether oxygens (including phenoxy) is 1. The molecule has 2 atom stereocenters. The first-order chi connectivity index (χ1) is 15.0. The molecule has 11 heteroatoms. The van der Waals surface area contributed by atoms with Gasteiger partial charge in [0, 0.05) is 11.6 Å². The van der Waals surface area contributed by atoms with Crippen LogP contribution in [0.15, 0.2) is 29.7 Å². The fraction of sp³-hybridized carbons (Fsp3) is 0.300. The van der Waals surface area contributed by atoms with E-state index in [0.29, 0.717) is 38.5 Å². The Morgan fingerprint density at radius 3 is 2.94 bits per heavy atom. The molecule has 3 aromatic heterocycles. The molecule has 0 spiro atoms. The van der Waals surface area contributed by atoms with Crippen LogP contribution in [-0.4, -0.2) is 49.5 Å². The minimum Gasteiger partial charge on any atom is -0.490 e. The zero-order valence-corrected chi connectivity index (χ0v) is 17.5. The minimum absolute atomic E-state index is 0.101. The van der Waals surface area contributed by atoms with Gasteiger partial charge in [-0.2, -0.15) is 5.10 Å². The van der Waals surface area contributed by atoms with Crippen LogP contribution >= 0.6 is 11.8 Å². The second-order valence-corrected chi connectivity index (χ2v) is 7.97. The van der Waals surface area contributed by atoms with E-state index >= 15 is 4.39 Å². The second kappa shape index (κ2) is 7.49. The van der Waals surface area contributed by atoms with E-state index in [9.17, 15) is 9.18 Å². The quantitative estimate of drug-likeness (QED) is 0.439. The molecule has 1 amide bonds. The summed E-state index contributed by atoms with van der Waals surface area (Å²) >= 11 is 1.26. The number of aromatic nitrogens is 5. The lowest BCUT2D eigenvalue weighted by atomic mass is 10.1. The number of amides is 1. The average Bonchev–Trinajstić information content (AvgIpc) is 3.12. The number of halogens is 2. The summed E-state index contributed by atoms with van der Waals surface area (Å²) in [6, 6.07) is 0. The fourth-order valence-electron chi connectivity index (χ4n) is 3.56. The van der Waals surface area contributed by atoms with E-state index in [1.165, 1.54) is 18.0 Å². The summed E-state index contributed by atoms with van der Waals surface area (Å²) in [5.41, 5.74) is 1.97. The number of nitrogens with zero attached hydrogens (tertiary/aromatic N) is 4. The second-order valence-electron chi connectivity index (χ2n) is 7.15. The maximum absolute atomic E-state index is 15.3. The summed E-state index contributed by atoms with van der Waals surface area (Å²) in [6.45, 7) is 2.06. The molecule has 1 saturated carbocycles. The highest BCUT2D eigenvalue weighted by molar-refractivity contribution is 7.98. The minimum atomic E-state index is -1.08. The van der Waals surface area contributed by atoms with Crippen LogP contribution in [0.5, 0.6) is 5.75 Å². The van der Waals surface area contributed by atoms with Crippen molar-refractivity contribution in [3.05, 3.63) is 30.6 Å². The van der Waals surface area contributed by atoms with Crippen LogP contribution < -0.4 is 10.1 Å². The summed E-state index contributed by atoms with van der Waals surface area (Å²) in [7, 11) is 0. The van der Waals surface area contributed by atoms with E-state index in [2.05, 4.69) is 25.5 Å². The molecule has 0 bridgehead atoms. The lowest BCUT2D eigenvalue weighted by molar-refractivity contribution is -0.117. The third-order valence-electron chi connectivity index (χ3n) is 5.15. The Bertz CT molecular complexity index is 1320. The van der Waals surface area contributed by atoms with E-state index in [1.54, 1.807) is 36.2 Å². The number of thioether (sulfide) groups is 1. The number of nitrogens with one attached hydrogen (secondary N) is 2. The van der Waals surface area contributed by atoms with Crippen molar-refractivity contribution in [2.24, 2.45) is 5.92 Å². The first-order valence-electron chi connectivity index (χ1n) is 9.67. The Morgan fingerprint density at radius 2 is 2.23 bits per heavy atom. The Labute approximate surface area is 179 Å². The van der Waals surface area contributed by atoms with E-state index in [1.807, 2.05) is 0 Å². The molecule has 0 aliphatic heterocycles. The number of carbonyl (C=O) groups is 1. The molecule has 1 fully saturated rings. The van der Waals surface area contributed by atoms with Gasteiger partial charge >= 0.3 is 0 Å². The van der Waals surface area contributed by atoms with E-state index in [0.717, 1.165) is 0 Å². The number of anilines is 1. The number of H-pyrrole nitrogens is 1. The SMILES string of the molecule is CCOc1c(F)c(SC)c2[nH]ncc2c1-c1cn2cc(NC(=O)C3CC3F)nc2cn1. The number of hydrogen-bond donors (Lipinski definition) is 2. The van der Waals surface area contributed by atoms with Gasteiger partial charge in [0.2, 0.25) is 5.91 Å². The normalized spacial score (nSPS) is 17.9. The summed E-state index contributed by atoms with van der Waals surface area (Å²) < 4.78 is 35.7. The molecule has 8 nitrogen and oxygen atoms in total. The van der Waals surface area contributed by atoms with Gasteiger partial charge in [-0.1, -0.05) is 0 Å². The Hall–Kier alpha value is -3.21. The van der Waals surface area contributed by atoms with Crippen molar-refractivity contribution in [1.29, 1.82) is 0 Å². The van der Waals surface area contributed by atoms with Crippen molar-refractivity contribution >= 4 is 40.0 Å². The van der Waals surface area contributed by atoms with Gasteiger partial charge in [0.15, 0.2) is 23.0 Å². The van der Waals surface area contributed by atoms with Crippen LogP contribution in [-0.2, 0) is 4.79 Å². The van der Waals surface area contributed by atoms with Crippen molar-refractivity contribution in [3.8, 4) is 17.0 Å². The molecular weight excluding hydrogens is 426 g/mol. The van der Waals surface area contributed by atoms with Crippen molar-refractivity contribution in [3.63, 3.8) is 0 Å². The zero-order chi connectivity index (χ0) is 21.7. The van der Waals surface area contributed by atoms with Gasteiger partial charge in [-0.25, -0.2) is 13.8 Å². The largest absolute Gasteiger partial charge is 0.490 e. The molecule has 1 aromatic carbocycles. The van der Waals surface area contributed by atoms with E-state index in [-0.39, 0.29) is 18.8 Å². The number of benzene rings is 1. The van der Waals surface area contributed by atoms with Crippen LogP contribution in [0.1, 0.15) is 13.3 Å². The highest BCUT2D eigenvalue weighted by Gasteiger charge is 2.43. The number of imidazole rings is 1. The first kappa shape index (κ1) is 19.7. The molecule has 5 rings (SSSR count). The maximum Gasteiger partial charge on any atom is 0.231 e. The number of fused-ring (bicyclic) bond motifs is 2. The Balaban J connectivity index is 1.61. The number of carbonyl (C=O) groups excluding carboxylic acids is 1. The van der Waals surface area contributed by atoms with Crippen LogP contribution in [0, 0.1) is 11.7 Å². The molecule has 0 radical (unpaired) electrons. The third-order valence-corrected chi connectivity index (χ3v) is 5.94. The molecule has 1 aliphatic carbocycles.